The van der Waals surface area contributed by atoms with Gasteiger partial charge in [0.15, 0.2) is 0 Å². The van der Waals surface area contributed by atoms with Crippen LogP contribution in [0.1, 0.15) is 24.1 Å². The smallest absolute Gasteiger partial charge is 0.326 e. The van der Waals surface area contributed by atoms with E-state index in [1.165, 1.54) is 12.5 Å². The fraction of sp³-hybridized carbons (Fsp3) is 0.318. The molecule has 3 aromatic rings. The number of imidazole rings is 1. The number of amides is 2. The van der Waals surface area contributed by atoms with Gasteiger partial charge in [-0.3, -0.25) is 14.4 Å². The second-order valence-electron chi connectivity index (χ2n) is 7.84. The zero-order valence-electron chi connectivity index (χ0n) is 18.2. The summed E-state index contributed by atoms with van der Waals surface area (Å²) in [7, 11) is 0. The number of nitrogens with one attached hydrogen (secondary N) is 4. The summed E-state index contributed by atoms with van der Waals surface area (Å²) < 4.78 is 0. The van der Waals surface area contributed by atoms with Crippen LogP contribution in [0, 0.1) is 0 Å². The van der Waals surface area contributed by atoms with Gasteiger partial charge in [0, 0.05) is 48.3 Å². The summed E-state index contributed by atoms with van der Waals surface area (Å²) in [5.41, 5.74) is 7.88. The van der Waals surface area contributed by atoms with Crippen LogP contribution in [0.25, 0.3) is 10.9 Å². The van der Waals surface area contributed by atoms with E-state index >= 15 is 0 Å². The Hall–Kier alpha value is -4.19. The van der Waals surface area contributed by atoms with E-state index in [9.17, 15) is 24.3 Å². The highest BCUT2D eigenvalue weighted by Crippen LogP contribution is 2.19. The molecule has 0 aliphatic carbocycles. The number of nitrogens with zero attached hydrogens (tertiary/aromatic N) is 1. The van der Waals surface area contributed by atoms with Crippen molar-refractivity contribution in [3.63, 3.8) is 0 Å². The van der Waals surface area contributed by atoms with Gasteiger partial charge in [-0.15, -0.1) is 0 Å². The number of carbonyl (C=O) groups is 4. The quantitative estimate of drug-likeness (QED) is 0.190. The summed E-state index contributed by atoms with van der Waals surface area (Å²) in [5.74, 6) is -3.77. The van der Waals surface area contributed by atoms with Crippen molar-refractivity contribution >= 4 is 34.7 Å². The summed E-state index contributed by atoms with van der Waals surface area (Å²) in [6.45, 7) is 0. The van der Waals surface area contributed by atoms with Gasteiger partial charge in [0.25, 0.3) is 0 Å². The van der Waals surface area contributed by atoms with Gasteiger partial charge in [-0.25, -0.2) is 9.78 Å². The molecule has 2 aromatic heterocycles. The Labute approximate surface area is 193 Å². The van der Waals surface area contributed by atoms with Crippen LogP contribution in [-0.4, -0.2) is 67.0 Å². The molecular weight excluding hydrogens is 444 g/mol. The van der Waals surface area contributed by atoms with Crippen LogP contribution in [0.2, 0.25) is 0 Å². The first-order valence-corrected chi connectivity index (χ1v) is 10.6. The minimum absolute atomic E-state index is 0.0348. The number of carboxylic acids is 2. The van der Waals surface area contributed by atoms with Gasteiger partial charge < -0.3 is 36.5 Å². The lowest BCUT2D eigenvalue weighted by molar-refractivity contribution is -0.142. The maximum absolute atomic E-state index is 13.1. The molecule has 0 radical (unpaired) electrons. The number of benzene rings is 1. The van der Waals surface area contributed by atoms with Crippen LogP contribution >= 0.6 is 0 Å². The molecule has 0 bridgehead atoms. The van der Waals surface area contributed by atoms with E-state index in [1.54, 1.807) is 6.20 Å². The number of nitrogens with two attached hydrogens (primary N) is 1. The van der Waals surface area contributed by atoms with E-state index in [1.807, 2.05) is 24.3 Å². The first-order chi connectivity index (χ1) is 16.2. The molecule has 12 nitrogen and oxygen atoms in total. The molecule has 3 atom stereocenters. The van der Waals surface area contributed by atoms with Gasteiger partial charge in [0.1, 0.15) is 12.1 Å². The van der Waals surface area contributed by atoms with Crippen molar-refractivity contribution < 1.29 is 29.4 Å². The van der Waals surface area contributed by atoms with Crippen molar-refractivity contribution in [2.24, 2.45) is 5.73 Å². The SMILES string of the molecule is NC(CCC(=O)O)C(=O)NC(Cc1c[nH]c2ccccc12)C(=O)NC(Cc1cnc[nH]1)C(=O)O. The van der Waals surface area contributed by atoms with Crippen molar-refractivity contribution in [2.45, 2.75) is 43.8 Å². The summed E-state index contributed by atoms with van der Waals surface area (Å²) in [4.78, 5) is 58.0. The third-order valence-electron chi connectivity index (χ3n) is 5.33. The lowest BCUT2D eigenvalue weighted by Gasteiger charge is -2.22. The molecule has 0 aliphatic rings. The molecule has 0 aliphatic heterocycles. The standard InChI is InChI=1S/C22H26N6O6/c23-15(5-6-19(29)30)20(31)27-17(7-12-9-25-16-4-2-1-3-14(12)16)21(32)28-18(22(33)34)8-13-10-24-11-26-13/h1-4,9-11,15,17-18,25H,5-8,23H2,(H,24,26)(H,27,31)(H,28,32)(H,29,30)(H,33,34). The molecule has 0 saturated heterocycles. The van der Waals surface area contributed by atoms with Gasteiger partial charge in [-0.05, 0) is 18.1 Å². The van der Waals surface area contributed by atoms with E-state index in [0.717, 1.165) is 16.5 Å². The minimum Gasteiger partial charge on any atom is -0.481 e. The number of para-hydroxylation sites is 1. The van der Waals surface area contributed by atoms with Crippen LogP contribution in [0.3, 0.4) is 0 Å². The Morgan fingerprint density at radius 1 is 1.00 bits per heavy atom. The van der Waals surface area contributed by atoms with Crippen molar-refractivity contribution in [2.75, 3.05) is 0 Å². The maximum Gasteiger partial charge on any atom is 0.326 e. The Kier molecular flexibility index (Phi) is 7.98. The molecule has 1 aromatic carbocycles. The van der Waals surface area contributed by atoms with E-state index in [-0.39, 0.29) is 25.7 Å². The number of aromatic amines is 2. The number of carboxylic acid groups (broad SMARTS) is 2. The van der Waals surface area contributed by atoms with E-state index < -0.39 is 41.9 Å². The average molecular weight is 470 g/mol. The molecule has 3 unspecified atom stereocenters. The zero-order valence-corrected chi connectivity index (χ0v) is 18.2. The molecule has 0 spiro atoms. The Morgan fingerprint density at radius 3 is 2.41 bits per heavy atom. The van der Waals surface area contributed by atoms with E-state index in [0.29, 0.717) is 5.69 Å². The number of carbonyl (C=O) groups excluding carboxylic acids is 2. The second kappa shape index (κ2) is 11.1. The maximum atomic E-state index is 13.1. The summed E-state index contributed by atoms with van der Waals surface area (Å²) in [6.07, 6.45) is 4.17. The van der Waals surface area contributed by atoms with Crippen molar-refractivity contribution in [3.8, 4) is 0 Å². The van der Waals surface area contributed by atoms with Crippen molar-refractivity contribution in [1.29, 1.82) is 0 Å². The van der Waals surface area contributed by atoms with E-state index in [4.69, 9.17) is 10.8 Å². The number of fused-ring (bicyclic) bond motifs is 1. The molecule has 12 heteroatoms. The molecule has 34 heavy (non-hydrogen) atoms. The second-order valence-corrected chi connectivity index (χ2v) is 7.84. The molecular formula is C22H26N6O6. The topological polar surface area (TPSA) is 203 Å². The minimum atomic E-state index is -1.27. The monoisotopic (exact) mass is 470 g/mol. The average Bonchev–Trinajstić information content (AvgIpc) is 3.46. The van der Waals surface area contributed by atoms with Crippen LogP contribution in [0.5, 0.6) is 0 Å². The largest absolute Gasteiger partial charge is 0.481 e. The Morgan fingerprint density at radius 2 is 1.74 bits per heavy atom. The number of hydrogen-bond donors (Lipinski definition) is 7. The first kappa shape index (κ1) is 24.5. The Balaban J connectivity index is 1.79. The van der Waals surface area contributed by atoms with Gasteiger partial charge in [-0.2, -0.15) is 0 Å². The summed E-state index contributed by atoms with van der Waals surface area (Å²) in [6, 6.07) is 3.84. The molecule has 0 fully saturated rings. The van der Waals surface area contributed by atoms with E-state index in [2.05, 4.69) is 25.6 Å². The molecule has 3 rings (SSSR count). The summed E-state index contributed by atoms with van der Waals surface area (Å²) in [5, 5.41) is 24.3. The number of aromatic nitrogens is 3. The van der Waals surface area contributed by atoms with Crippen molar-refractivity contribution in [3.05, 3.63) is 54.2 Å². The highest BCUT2D eigenvalue weighted by atomic mass is 16.4. The third-order valence-corrected chi connectivity index (χ3v) is 5.33. The number of hydrogen-bond acceptors (Lipinski definition) is 6. The fourth-order valence-electron chi connectivity index (χ4n) is 3.51. The highest BCUT2D eigenvalue weighted by Gasteiger charge is 2.29. The highest BCUT2D eigenvalue weighted by molar-refractivity contribution is 5.93. The van der Waals surface area contributed by atoms with Crippen LogP contribution in [0.4, 0.5) is 0 Å². The van der Waals surface area contributed by atoms with Crippen LogP contribution < -0.4 is 16.4 Å². The number of H-pyrrole nitrogens is 2. The van der Waals surface area contributed by atoms with Gasteiger partial charge in [-0.1, -0.05) is 18.2 Å². The predicted molar refractivity (Wildman–Crippen MR) is 121 cm³/mol. The van der Waals surface area contributed by atoms with Crippen molar-refractivity contribution in [1.82, 2.24) is 25.6 Å². The molecule has 0 saturated carbocycles. The molecule has 180 valence electrons. The lowest BCUT2D eigenvalue weighted by atomic mass is 10.0. The van der Waals surface area contributed by atoms with Gasteiger partial charge >= 0.3 is 11.9 Å². The first-order valence-electron chi connectivity index (χ1n) is 10.6. The predicted octanol–water partition coefficient (Wildman–Crippen LogP) is -0.0775. The molecule has 8 N–H and O–H groups in total. The van der Waals surface area contributed by atoms with Crippen LogP contribution in [0.15, 0.2) is 43.0 Å². The third kappa shape index (κ3) is 6.42. The van der Waals surface area contributed by atoms with Crippen LogP contribution in [-0.2, 0) is 32.0 Å². The summed E-state index contributed by atoms with van der Waals surface area (Å²) >= 11 is 0. The van der Waals surface area contributed by atoms with Gasteiger partial charge in [0.05, 0.1) is 12.4 Å². The lowest BCUT2D eigenvalue weighted by Crippen LogP contribution is -2.55. The normalized spacial score (nSPS) is 13.7. The number of rotatable bonds is 12. The zero-order chi connectivity index (χ0) is 24.7. The fourth-order valence-corrected chi connectivity index (χ4v) is 3.51. The Bertz CT molecular complexity index is 1160. The molecule has 2 heterocycles. The van der Waals surface area contributed by atoms with Gasteiger partial charge in [0.2, 0.25) is 11.8 Å². The number of aliphatic carboxylic acids is 2. The molecule has 2 amide bonds.